The van der Waals surface area contributed by atoms with Crippen molar-refractivity contribution in [3.8, 4) is 0 Å². The SMILES string of the molecule is O=C1C[C@@H]2CNCCN2C(=O)N1CCCCN1CCC(c2noc3cc(F)ccc23)CC1. The zero-order valence-corrected chi connectivity index (χ0v) is 18.3. The van der Waals surface area contributed by atoms with Crippen molar-refractivity contribution in [2.75, 3.05) is 45.8 Å². The number of nitrogens with one attached hydrogen (secondary N) is 1. The van der Waals surface area contributed by atoms with Gasteiger partial charge >= 0.3 is 6.03 Å². The highest BCUT2D eigenvalue weighted by atomic mass is 19.1. The molecule has 3 amide bonds. The molecule has 0 spiro atoms. The monoisotopic (exact) mass is 443 g/mol. The number of benzene rings is 1. The highest BCUT2D eigenvalue weighted by Crippen LogP contribution is 2.32. The average molecular weight is 444 g/mol. The minimum Gasteiger partial charge on any atom is -0.356 e. The first-order chi connectivity index (χ1) is 15.6. The number of rotatable bonds is 6. The lowest BCUT2D eigenvalue weighted by Gasteiger charge is -2.43. The van der Waals surface area contributed by atoms with Crippen LogP contribution in [-0.4, -0.2) is 83.6 Å². The van der Waals surface area contributed by atoms with Gasteiger partial charge in [0.1, 0.15) is 5.82 Å². The fourth-order valence-corrected chi connectivity index (χ4v) is 5.25. The van der Waals surface area contributed by atoms with Crippen LogP contribution in [0.25, 0.3) is 11.0 Å². The predicted molar refractivity (Wildman–Crippen MR) is 117 cm³/mol. The second-order valence-electron chi connectivity index (χ2n) is 9.11. The number of piperidine rings is 1. The van der Waals surface area contributed by atoms with Crippen LogP contribution in [0.2, 0.25) is 0 Å². The van der Waals surface area contributed by atoms with Gasteiger partial charge in [0.05, 0.1) is 11.7 Å². The molecular formula is C23H30FN5O3. The van der Waals surface area contributed by atoms with E-state index >= 15 is 0 Å². The maximum atomic E-state index is 13.4. The highest BCUT2D eigenvalue weighted by Gasteiger charge is 2.39. The zero-order chi connectivity index (χ0) is 22.1. The summed E-state index contributed by atoms with van der Waals surface area (Å²) in [5, 5.41) is 8.38. The molecule has 0 radical (unpaired) electrons. The second kappa shape index (κ2) is 9.15. The Balaban J connectivity index is 1.06. The van der Waals surface area contributed by atoms with Gasteiger partial charge in [0, 0.05) is 50.0 Å². The average Bonchev–Trinajstić information content (AvgIpc) is 3.22. The van der Waals surface area contributed by atoms with Gasteiger partial charge < -0.3 is 19.6 Å². The van der Waals surface area contributed by atoms with E-state index in [1.54, 1.807) is 6.07 Å². The Bertz CT molecular complexity index is 987. The molecule has 2 aromatic rings. The molecule has 1 aromatic carbocycles. The van der Waals surface area contributed by atoms with E-state index in [-0.39, 0.29) is 23.8 Å². The molecular weight excluding hydrogens is 413 g/mol. The maximum absolute atomic E-state index is 13.4. The molecule has 0 saturated carbocycles. The van der Waals surface area contributed by atoms with Crippen LogP contribution in [0, 0.1) is 5.82 Å². The minimum atomic E-state index is -0.310. The van der Waals surface area contributed by atoms with Gasteiger partial charge in [0.15, 0.2) is 5.58 Å². The largest absolute Gasteiger partial charge is 0.356 e. The van der Waals surface area contributed by atoms with Crippen LogP contribution in [0.15, 0.2) is 22.7 Å². The molecule has 3 aliphatic rings. The summed E-state index contributed by atoms with van der Waals surface area (Å²) < 4.78 is 18.7. The maximum Gasteiger partial charge on any atom is 0.327 e. The third-order valence-electron chi connectivity index (χ3n) is 7.08. The third-order valence-corrected chi connectivity index (χ3v) is 7.08. The first-order valence-corrected chi connectivity index (χ1v) is 11.7. The van der Waals surface area contributed by atoms with Gasteiger partial charge in [0.25, 0.3) is 0 Å². The number of carbonyl (C=O) groups excluding carboxylic acids is 2. The van der Waals surface area contributed by atoms with Crippen LogP contribution in [0.3, 0.4) is 0 Å². The molecule has 3 aliphatic heterocycles. The molecule has 0 unspecified atom stereocenters. The first kappa shape index (κ1) is 21.3. The van der Waals surface area contributed by atoms with E-state index < -0.39 is 0 Å². The number of fused-ring (bicyclic) bond motifs is 2. The van der Waals surface area contributed by atoms with Gasteiger partial charge in [-0.05, 0) is 57.5 Å². The summed E-state index contributed by atoms with van der Waals surface area (Å²) in [6, 6.07) is 4.50. The van der Waals surface area contributed by atoms with E-state index in [4.69, 9.17) is 4.52 Å². The van der Waals surface area contributed by atoms with Crippen molar-refractivity contribution >= 4 is 22.9 Å². The Morgan fingerprint density at radius 3 is 2.78 bits per heavy atom. The lowest BCUT2D eigenvalue weighted by Crippen LogP contribution is -2.63. The molecule has 0 bridgehead atoms. The molecule has 5 rings (SSSR count). The number of imide groups is 1. The zero-order valence-electron chi connectivity index (χ0n) is 18.3. The number of urea groups is 1. The number of carbonyl (C=O) groups is 2. The van der Waals surface area contributed by atoms with Crippen LogP contribution < -0.4 is 5.32 Å². The van der Waals surface area contributed by atoms with Crippen molar-refractivity contribution in [2.24, 2.45) is 0 Å². The molecule has 3 saturated heterocycles. The van der Waals surface area contributed by atoms with Crippen molar-refractivity contribution in [1.29, 1.82) is 0 Å². The van der Waals surface area contributed by atoms with E-state index in [0.717, 1.165) is 62.9 Å². The van der Waals surface area contributed by atoms with Crippen molar-refractivity contribution in [1.82, 2.24) is 25.2 Å². The summed E-state index contributed by atoms with van der Waals surface area (Å²) in [6.45, 7) is 5.60. The lowest BCUT2D eigenvalue weighted by atomic mass is 9.91. The summed E-state index contributed by atoms with van der Waals surface area (Å²) in [7, 11) is 0. The molecule has 1 N–H and O–H groups in total. The predicted octanol–water partition coefficient (Wildman–Crippen LogP) is 2.55. The fourth-order valence-electron chi connectivity index (χ4n) is 5.25. The summed E-state index contributed by atoms with van der Waals surface area (Å²) in [5.41, 5.74) is 1.45. The minimum absolute atomic E-state index is 0.0159. The molecule has 32 heavy (non-hydrogen) atoms. The lowest BCUT2D eigenvalue weighted by molar-refractivity contribution is -0.133. The van der Waals surface area contributed by atoms with Gasteiger partial charge in [-0.3, -0.25) is 9.69 Å². The van der Waals surface area contributed by atoms with Gasteiger partial charge in [0.2, 0.25) is 5.91 Å². The Hall–Kier alpha value is -2.52. The number of aromatic nitrogens is 1. The second-order valence-corrected chi connectivity index (χ2v) is 9.11. The van der Waals surface area contributed by atoms with Gasteiger partial charge in [-0.15, -0.1) is 0 Å². The normalized spacial score (nSPS) is 23.2. The number of halogens is 1. The molecule has 8 nitrogen and oxygen atoms in total. The fraction of sp³-hybridized carbons (Fsp3) is 0.609. The van der Waals surface area contributed by atoms with Gasteiger partial charge in [-0.25, -0.2) is 9.18 Å². The topological polar surface area (TPSA) is 81.9 Å². The van der Waals surface area contributed by atoms with E-state index in [2.05, 4.69) is 15.4 Å². The number of hydrogen-bond acceptors (Lipinski definition) is 6. The van der Waals surface area contributed by atoms with Crippen LogP contribution in [-0.2, 0) is 4.79 Å². The van der Waals surface area contributed by atoms with E-state index in [0.29, 0.717) is 37.6 Å². The summed E-state index contributed by atoms with van der Waals surface area (Å²) in [5.74, 6) is -0.0234. The van der Waals surface area contributed by atoms with Crippen LogP contribution in [0.5, 0.6) is 0 Å². The first-order valence-electron chi connectivity index (χ1n) is 11.7. The van der Waals surface area contributed by atoms with Crippen LogP contribution in [0.1, 0.15) is 43.7 Å². The van der Waals surface area contributed by atoms with Crippen molar-refractivity contribution in [3.05, 3.63) is 29.7 Å². The number of unbranched alkanes of at least 4 members (excludes halogenated alkanes) is 1. The molecule has 1 aromatic heterocycles. The number of hydrogen-bond donors (Lipinski definition) is 1. The summed E-state index contributed by atoms with van der Waals surface area (Å²) in [4.78, 5) is 30.8. The van der Waals surface area contributed by atoms with Crippen LogP contribution in [0.4, 0.5) is 9.18 Å². The Labute approximate surface area is 186 Å². The third kappa shape index (κ3) is 4.23. The van der Waals surface area contributed by atoms with Gasteiger partial charge in [-0.2, -0.15) is 0 Å². The van der Waals surface area contributed by atoms with Gasteiger partial charge in [-0.1, -0.05) is 5.16 Å². The number of nitrogens with zero attached hydrogens (tertiary/aromatic N) is 4. The molecule has 3 fully saturated rings. The number of amides is 3. The molecule has 0 aliphatic carbocycles. The highest BCUT2D eigenvalue weighted by molar-refractivity contribution is 5.97. The molecule has 4 heterocycles. The van der Waals surface area contributed by atoms with E-state index in [1.807, 2.05) is 4.90 Å². The van der Waals surface area contributed by atoms with Crippen molar-refractivity contribution < 1.29 is 18.5 Å². The molecule has 1 atom stereocenters. The quantitative estimate of drug-likeness (QED) is 0.691. The molecule has 9 heteroatoms. The van der Waals surface area contributed by atoms with Crippen LogP contribution >= 0.6 is 0 Å². The summed E-state index contributed by atoms with van der Waals surface area (Å²) >= 11 is 0. The van der Waals surface area contributed by atoms with Crippen molar-refractivity contribution in [2.45, 2.75) is 44.1 Å². The number of likely N-dealkylation sites (tertiary alicyclic amines) is 1. The Morgan fingerprint density at radius 1 is 1.12 bits per heavy atom. The standard InChI is InChI=1S/C23H30FN5O3/c24-17-3-4-19-20(13-17)32-26-22(19)16-5-10-27(11-6-16)8-1-2-9-29-21(30)14-18-15-25-7-12-28(18)23(29)31/h3-4,13,16,18,25H,1-2,5-12,14-15H2/t18-/m1/s1. The Morgan fingerprint density at radius 2 is 1.94 bits per heavy atom. The van der Waals surface area contributed by atoms with Crippen molar-refractivity contribution in [3.63, 3.8) is 0 Å². The smallest absolute Gasteiger partial charge is 0.327 e. The summed E-state index contributed by atoms with van der Waals surface area (Å²) in [6.07, 6.45) is 4.20. The van der Waals surface area contributed by atoms with E-state index in [9.17, 15) is 14.0 Å². The molecule has 172 valence electrons. The Kier molecular flexibility index (Phi) is 6.10. The number of piperazine rings is 1. The van der Waals surface area contributed by atoms with E-state index in [1.165, 1.54) is 17.0 Å².